The second-order valence-electron chi connectivity index (χ2n) is 14.7. The number of hydrogen-bond donors (Lipinski definition) is 0. The minimum Gasteiger partial charge on any atom is -0.309 e. The van der Waals surface area contributed by atoms with Gasteiger partial charge in [-0.15, -0.1) is 11.3 Å². The summed E-state index contributed by atoms with van der Waals surface area (Å²) in [6.07, 6.45) is 0. The lowest BCUT2D eigenvalue weighted by molar-refractivity contribution is 0.775. The van der Waals surface area contributed by atoms with Gasteiger partial charge in [0, 0.05) is 36.6 Å². The molecule has 0 radical (unpaired) electrons. The van der Waals surface area contributed by atoms with Crippen LogP contribution in [0.1, 0.15) is 22.3 Å². The van der Waals surface area contributed by atoms with Crippen molar-refractivity contribution in [3.05, 3.63) is 192 Å². The van der Waals surface area contributed by atoms with Crippen LogP contribution in [0.3, 0.4) is 0 Å². The number of hydrogen-bond acceptors (Lipinski definition) is 1. The van der Waals surface area contributed by atoms with E-state index in [1.54, 1.807) is 0 Å². The van der Waals surface area contributed by atoms with Gasteiger partial charge >= 0.3 is 0 Å². The van der Waals surface area contributed by atoms with Gasteiger partial charge in [0.05, 0.1) is 16.4 Å². The minimum absolute atomic E-state index is 0.187. The quantitative estimate of drug-likeness (QED) is 0.153. The molecule has 238 valence electrons. The molecule has 1 aliphatic carbocycles. The number of nitrogens with zero attached hydrogens (tertiary/aromatic N) is 1. The summed E-state index contributed by atoms with van der Waals surface area (Å²) in [5, 5.41) is 5.27. The van der Waals surface area contributed by atoms with E-state index in [1.165, 1.54) is 109 Å². The number of thiophene rings is 1. The third kappa shape index (κ3) is 3.15. The van der Waals surface area contributed by atoms with Gasteiger partial charge in [-0.1, -0.05) is 150 Å². The van der Waals surface area contributed by atoms with Crippen molar-refractivity contribution in [1.29, 1.82) is 0 Å². The zero-order chi connectivity index (χ0) is 33.7. The monoisotopic (exact) mass is 673 g/mol. The fraction of sp³-hybridized carbons (Fsp3) is 0.0204. The number of para-hydroxylation sites is 1. The third-order valence-electron chi connectivity index (χ3n) is 12.5. The molecule has 0 fully saturated rings. The third-order valence-corrected chi connectivity index (χ3v) is 13.6. The molecular weight excluding hydrogens is 645 g/mol. The van der Waals surface area contributed by atoms with Gasteiger partial charge in [-0.25, -0.2) is 0 Å². The molecule has 0 unspecified atom stereocenters. The first-order valence-electron chi connectivity index (χ1n) is 18.2. The minimum atomic E-state index is -0.363. The second-order valence-corrected chi connectivity index (χ2v) is 15.8. The Hall–Kier alpha value is -6.16. The van der Waals surface area contributed by atoms with E-state index in [4.69, 9.17) is 0 Å². The molecule has 2 aliphatic heterocycles. The van der Waals surface area contributed by atoms with Crippen LogP contribution in [0.2, 0.25) is 0 Å². The molecule has 1 spiro atoms. The fourth-order valence-corrected chi connectivity index (χ4v) is 11.7. The van der Waals surface area contributed by atoms with Gasteiger partial charge in [0.15, 0.2) is 0 Å². The summed E-state index contributed by atoms with van der Waals surface area (Å²) in [5.74, 6) is 0. The first-order valence-corrected chi connectivity index (χ1v) is 19.0. The molecule has 0 saturated carbocycles. The maximum atomic E-state index is 2.51. The van der Waals surface area contributed by atoms with E-state index in [0.29, 0.717) is 0 Å². The summed E-state index contributed by atoms with van der Waals surface area (Å²) in [4.78, 5) is 0. The van der Waals surface area contributed by atoms with E-state index >= 15 is 0 Å². The number of benzene rings is 8. The second kappa shape index (κ2) is 9.58. The van der Waals surface area contributed by atoms with E-state index in [-0.39, 0.29) is 12.1 Å². The highest BCUT2D eigenvalue weighted by Gasteiger charge is 2.54. The van der Waals surface area contributed by atoms with Crippen molar-refractivity contribution >= 4 is 76.4 Å². The van der Waals surface area contributed by atoms with E-state index in [2.05, 4.69) is 174 Å². The van der Waals surface area contributed by atoms with Gasteiger partial charge in [-0.2, -0.15) is 0 Å². The molecule has 13 rings (SSSR count). The van der Waals surface area contributed by atoms with Crippen LogP contribution in [-0.4, -0.2) is 11.3 Å². The Morgan fingerprint density at radius 1 is 0.404 bits per heavy atom. The van der Waals surface area contributed by atoms with Gasteiger partial charge in [0.25, 0.3) is 0 Å². The average Bonchev–Trinajstić information content (AvgIpc) is 3.92. The normalized spacial score (nSPS) is 14.3. The van der Waals surface area contributed by atoms with Gasteiger partial charge < -0.3 is 4.57 Å². The van der Waals surface area contributed by atoms with Crippen molar-refractivity contribution in [3.8, 4) is 27.9 Å². The predicted octanol–water partition coefficient (Wildman–Crippen LogP) is 10.3. The van der Waals surface area contributed by atoms with Crippen molar-refractivity contribution in [2.24, 2.45) is 0 Å². The number of fused-ring (bicyclic) bond motifs is 18. The standard InChI is InChI=1S/C49H28BNS/c1-5-17-38-30(12-1)31-13-2-6-18-39(31)49(38)40-19-7-8-21-43(40)50-42-25-24-29(26-35(42)34-16-11-20-41(49)48(34)50)51-44-22-9-3-14-32(44)36-28-47-37(27-45(36)51)33-15-4-10-23-46(33)52-47/h1-28H. The van der Waals surface area contributed by atoms with Crippen LogP contribution in [0.25, 0.3) is 69.9 Å². The van der Waals surface area contributed by atoms with E-state index in [1.807, 2.05) is 11.3 Å². The Morgan fingerprint density at radius 2 is 1.08 bits per heavy atom. The fourth-order valence-electron chi connectivity index (χ4n) is 10.6. The number of rotatable bonds is 1. The summed E-state index contributed by atoms with van der Waals surface area (Å²) in [7, 11) is 0. The summed E-state index contributed by atoms with van der Waals surface area (Å²) in [6, 6.07) is 64.5. The van der Waals surface area contributed by atoms with Gasteiger partial charge in [0.2, 0.25) is 6.71 Å². The summed E-state index contributed by atoms with van der Waals surface area (Å²) < 4.78 is 5.19. The van der Waals surface area contributed by atoms with Crippen molar-refractivity contribution in [2.75, 3.05) is 0 Å². The van der Waals surface area contributed by atoms with Crippen molar-refractivity contribution in [1.82, 2.24) is 4.57 Å². The molecule has 8 aromatic carbocycles. The SMILES string of the molecule is c1ccc2c(c1)B1c3ccc(-n4c5ccccc5c5cc6sc7ccccc7c6cc54)cc3-c3cccc(c31)C21c2ccccc2-c2ccccc21. The maximum absolute atomic E-state index is 2.51. The van der Waals surface area contributed by atoms with Crippen LogP contribution in [-0.2, 0) is 5.41 Å². The summed E-state index contributed by atoms with van der Waals surface area (Å²) in [6.45, 7) is 0.187. The number of aromatic nitrogens is 1. The Morgan fingerprint density at radius 3 is 1.92 bits per heavy atom. The summed E-state index contributed by atoms with van der Waals surface area (Å²) in [5.41, 5.74) is 18.7. The molecule has 10 aromatic rings. The smallest absolute Gasteiger partial charge is 0.243 e. The van der Waals surface area contributed by atoms with Crippen LogP contribution >= 0.6 is 11.3 Å². The van der Waals surface area contributed by atoms with Crippen LogP contribution in [0.15, 0.2) is 170 Å². The first-order chi connectivity index (χ1) is 25.8. The molecule has 0 saturated heterocycles. The van der Waals surface area contributed by atoms with Crippen LogP contribution in [0.4, 0.5) is 0 Å². The van der Waals surface area contributed by atoms with Crippen molar-refractivity contribution in [2.45, 2.75) is 5.41 Å². The molecule has 0 bridgehead atoms. The molecule has 2 aromatic heterocycles. The molecule has 1 nitrogen and oxygen atoms in total. The Kier molecular flexibility index (Phi) is 5.08. The molecule has 4 heterocycles. The highest BCUT2D eigenvalue weighted by molar-refractivity contribution is 7.25. The van der Waals surface area contributed by atoms with E-state index in [9.17, 15) is 0 Å². The Balaban J connectivity index is 1.11. The van der Waals surface area contributed by atoms with Crippen molar-refractivity contribution in [3.63, 3.8) is 0 Å². The summed E-state index contributed by atoms with van der Waals surface area (Å²) >= 11 is 1.89. The molecule has 52 heavy (non-hydrogen) atoms. The van der Waals surface area contributed by atoms with Crippen LogP contribution in [0, 0.1) is 0 Å². The highest BCUT2D eigenvalue weighted by atomic mass is 32.1. The molecule has 3 aliphatic rings. The average molecular weight is 674 g/mol. The maximum Gasteiger partial charge on any atom is 0.243 e. The van der Waals surface area contributed by atoms with Gasteiger partial charge in [0.1, 0.15) is 0 Å². The topological polar surface area (TPSA) is 4.93 Å². The predicted molar refractivity (Wildman–Crippen MR) is 221 cm³/mol. The molecule has 0 atom stereocenters. The molecule has 0 N–H and O–H groups in total. The van der Waals surface area contributed by atoms with Gasteiger partial charge in [-0.3, -0.25) is 0 Å². The molecule has 0 amide bonds. The van der Waals surface area contributed by atoms with E-state index < -0.39 is 0 Å². The lowest BCUT2D eigenvalue weighted by atomic mass is 9.32. The van der Waals surface area contributed by atoms with Crippen LogP contribution < -0.4 is 16.4 Å². The van der Waals surface area contributed by atoms with Crippen molar-refractivity contribution < 1.29 is 0 Å². The first kappa shape index (κ1) is 27.6. The highest BCUT2D eigenvalue weighted by Crippen LogP contribution is 2.57. The van der Waals surface area contributed by atoms with E-state index in [0.717, 1.165) is 0 Å². The van der Waals surface area contributed by atoms with Gasteiger partial charge in [-0.05, 0) is 80.9 Å². The zero-order valence-electron chi connectivity index (χ0n) is 28.1. The zero-order valence-corrected chi connectivity index (χ0v) is 28.9. The largest absolute Gasteiger partial charge is 0.309 e. The lowest BCUT2D eigenvalue weighted by Crippen LogP contribution is -2.59. The van der Waals surface area contributed by atoms with Crippen LogP contribution in [0.5, 0.6) is 0 Å². The Bertz CT molecular complexity index is 3170. The lowest BCUT2D eigenvalue weighted by Gasteiger charge is -2.42. The molecular formula is C49H28BNS. The Labute approximate surface area is 305 Å². The molecule has 3 heteroatoms.